The molecule has 0 saturated carbocycles. The number of carbonyl (C=O) groups excluding carboxylic acids is 1. The lowest BCUT2D eigenvalue weighted by Crippen LogP contribution is -2.11. The molecule has 0 amide bonds. The van der Waals surface area contributed by atoms with Crippen LogP contribution in [0.2, 0.25) is 0 Å². The number of benzene rings is 2. The number of methoxy groups -OCH3 is 1. The molecule has 0 aliphatic carbocycles. The molecule has 0 radical (unpaired) electrons. The molecule has 0 aliphatic heterocycles. The van der Waals surface area contributed by atoms with Crippen molar-refractivity contribution in [2.75, 3.05) is 7.11 Å². The van der Waals surface area contributed by atoms with E-state index in [-0.39, 0.29) is 12.4 Å². The van der Waals surface area contributed by atoms with E-state index in [4.69, 9.17) is 13.9 Å². The molecule has 3 aromatic rings. The van der Waals surface area contributed by atoms with E-state index in [0.29, 0.717) is 5.75 Å². The lowest BCUT2D eigenvalue weighted by molar-refractivity contribution is -0.133. The molecule has 3 rings (SSSR count). The summed E-state index contributed by atoms with van der Waals surface area (Å²) in [6.07, 6.45) is 1.80. The summed E-state index contributed by atoms with van der Waals surface area (Å²) in [6, 6.07) is 11.0. The van der Waals surface area contributed by atoms with E-state index in [1.54, 1.807) is 37.6 Å². The van der Waals surface area contributed by atoms with Crippen LogP contribution in [0.3, 0.4) is 0 Å². The van der Waals surface area contributed by atoms with Crippen LogP contribution in [0.5, 0.6) is 11.5 Å². The molecule has 2 aromatic carbocycles. The van der Waals surface area contributed by atoms with E-state index in [9.17, 15) is 4.79 Å². The van der Waals surface area contributed by atoms with E-state index >= 15 is 0 Å². The summed E-state index contributed by atoms with van der Waals surface area (Å²) in [5, 5.41) is 0.988. The zero-order valence-corrected chi connectivity index (χ0v) is 13.4. The van der Waals surface area contributed by atoms with Crippen molar-refractivity contribution in [3.05, 3.63) is 59.4 Å². The number of hydrogen-bond acceptors (Lipinski definition) is 4. The number of hydrogen-bond donors (Lipinski definition) is 0. The van der Waals surface area contributed by atoms with E-state index in [2.05, 4.69) is 6.07 Å². The summed E-state index contributed by atoms with van der Waals surface area (Å²) < 4.78 is 16.0. The van der Waals surface area contributed by atoms with Crippen LogP contribution in [0.1, 0.15) is 16.7 Å². The molecule has 0 unspecified atom stereocenters. The molecule has 0 N–H and O–H groups in total. The van der Waals surface area contributed by atoms with Crippen LogP contribution in [-0.2, 0) is 11.2 Å². The Morgan fingerprint density at radius 3 is 2.48 bits per heavy atom. The lowest BCUT2D eigenvalue weighted by Gasteiger charge is -2.05. The minimum absolute atomic E-state index is 0.170. The third-order valence-corrected chi connectivity index (χ3v) is 3.72. The second-order valence-corrected chi connectivity index (χ2v) is 5.54. The van der Waals surface area contributed by atoms with Crippen LogP contribution in [0.4, 0.5) is 0 Å². The maximum atomic E-state index is 12.2. The van der Waals surface area contributed by atoms with Crippen molar-refractivity contribution in [2.45, 2.75) is 20.3 Å². The van der Waals surface area contributed by atoms with Gasteiger partial charge in [0.05, 0.1) is 19.8 Å². The number of ether oxygens (including phenoxy) is 2. The first-order chi connectivity index (χ1) is 11.1. The molecular weight excluding hydrogens is 292 g/mol. The summed E-state index contributed by atoms with van der Waals surface area (Å²) >= 11 is 0. The topological polar surface area (TPSA) is 48.7 Å². The Morgan fingerprint density at radius 1 is 1.09 bits per heavy atom. The highest BCUT2D eigenvalue weighted by molar-refractivity contribution is 5.89. The first-order valence-electron chi connectivity index (χ1n) is 7.39. The molecular formula is C19H18O4. The van der Waals surface area contributed by atoms with Gasteiger partial charge in [0, 0.05) is 10.9 Å². The highest BCUT2D eigenvalue weighted by atomic mass is 16.5. The van der Waals surface area contributed by atoms with Gasteiger partial charge in [-0.1, -0.05) is 6.07 Å². The molecule has 0 fully saturated rings. The summed E-state index contributed by atoms with van der Waals surface area (Å²) in [7, 11) is 1.59. The van der Waals surface area contributed by atoms with E-state index in [1.807, 2.05) is 19.9 Å². The molecule has 4 heteroatoms. The summed E-state index contributed by atoms with van der Waals surface area (Å²) in [4.78, 5) is 12.2. The summed E-state index contributed by atoms with van der Waals surface area (Å²) in [5.41, 5.74) is 3.88. The first kappa shape index (κ1) is 15.2. The molecule has 0 atom stereocenters. The zero-order valence-electron chi connectivity index (χ0n) is 13.4. The van der Waals surface area contributed by atoms with E-state index < -0.39 is 0 Å². The fourth-order valence-electron chi connectivity index (χ4n) is 2.72. The van der Waals surface area contributed by atoms with Gasteiger partial charge in [-0.3, -0.25) is 4.79 Å². The van der Waals surface area contributed by atoms with Crippen molar-refractivity contribution in [3.8, 4) is 11.5 Å². The van der Waals surface area contributed by atoms with Crippen LogP contribution in [0, 0.1) is 13.8 Å². The molecule has 4 nitrogen and oxygen atoms in total. The number of esters is 1. The van der Waals surface area contributed by atoms with Crippen LogP contribution < -0.4 is 9.47 Å². The van der Waals surface area contributed by atoms with Crippen molar-refractivity contribution >= 4 is 16.9 Å². The monoisotopic (exact) mass is 310 g/mol. The SMILES string of the molecule is COc1ccc(OC(=O)Cc2coc3cc(C)cc(C)c23)cc1. The largest absolute Gasteiger partial charge is 0.497 e. The van der Waals surface area contributed by atoms with Gasteiger partial charge in [0.25, 0.3) is 0 Å². The van der Waals surface area contributed by atoms with Gasteiger partial charge in [0.2, 0.25) is 0 Å². The maximum absolute atomic E-state index is 12.2. The normalized spacial score (nSPS) is 10.7. The smallest absolute Gasteiger partial charge is 0.315 e. The van der Waals surface area contributed by atoms with E-state index in [0.717, 1.165) is 33.4 Å². The molecule has 0 aliphatic rings. The second-order valence-electron chi connectivity index (χ2n) is 5.54. The first-order valence-corrected chi connectivity index (χ1v) is 7.39. The van der Waals surface area contributed by atoms with Crippen LogP contribution >= 0.6 is 0 Å². The zero-order chi connectivity index (χ0) is 16.4. The molecule has 1 aromatic heterocycles. The van der Waals surface area contributed by atoms with Gasteiger partial charge in [-0.25, -0.2) is 0 Å². The van der Waals surface area contributed by atoms with Crippen molar-refractivity contribution in [1.29, 1.82) is 0 Å². The molecule has 1 heterocycles. The average Bonchev–Trinajstić information content (AvgIpc) is 2.90. The van der Waals surface area contributed by atoms with Gasteiger partial charge in [0.15, 0.2) is 0 Å². The average molecular weight is 310 g/mol. The lowest BCUT2D eigenvalue weighted by atomic mass is 10.0. The van der Waals surface area contributed by atoms with Crippen LogP contribution in [0.15, 0.2) is 47.1 Å². The Hall–Kier alpha value is -2.75. The van der Waals surface area contributed by atoms with Crippen LogP contribution in [-0.4, -0.2) is 13.1 Å². The Balaban J connectivity index is 1.77. The number of furan rings is 1. The summed E-state index contributed by atoms with van der Waals surface area (Å²) in [6.45, 7) is 4.04. The molecule has 23 heavy (non-hydrogen) atoms. The van der Waals surface area contributed by atoms with Crippen LogP contribution in [0.25, 0.3) is 11.0 Å². The number of carbonyl (C=O) groups is 1. The van der Waals surface area contributed by atoms with Gasteiger partial charge in [-0.2, -0.15) is 0 Å². The van der Waals surface area contributed by atoms with Crippen molar-refractivity contribution < 1.29 is 18.7 Å². The predicted molar refractivity (Wildman–Crippen MR) is 88.0 cm³/mol. The molecule has 0 bridgehead atoms. The quantitative estimate of drug-likeness (QED) is 0.535. The minimum atomic E-state index is -0.321. The fourth-order valence-corrected chi connectivity index (χ4v) is 2.72. The van der Waals surface area contributed by atoms with Crippen molar-refractivity contribution in [2.24, 2.45) is 0 Å². The molecule has 0 spiro atoms. The Labute approximate surface area is 134 Å². The van der Waals surface area contributed by atoms with Gasteiger partial charge in [0.1, 0.15) is 17.1 Å². The Morgan fingerprint density at radius 2 is 1.78 bits per heavy atom. The maximum Gasteiger partial charge on any atom is 0.315 e. The predicted octanol–water partition coefficient (Wildman–Crippen LogP) is 4.21. The fraction of sp³-hybridized carbons (Fsp3) is 0.211. The Bertz CT molecular complexity index is 844. The summed E-state index contributed by atoms with van der Waals surface area (Å²) in [5.74, 6) is 0.894. The third-order valence-electron chi connectivity index (χ3n) is 3.72. The number of rotatable bonds is 4. The molecule has 0 saturated heterocycles. The standard InChI is InChI=1S/C19H18O4/c1-12-8-13(2)19-14(11-22-17(19)9-12)10-18(20)23-16-6-4-15(21-3)5-7-16/h4-9,11H,10H2,1-3H3. The van der Waals surface area contributed by atoms with Gasteiger partial charge >= 0.3 is 5.97 Å². The second kappa shape index (κ2) is 6.16. The molecule has 118 valence electrons. The van der Waals surface area contributed by atoms with Crippen molar-refractivity contribution in [3.63, 3.8) is 0 Å². The third kappa shape index (κ3) is 3.21. The highest BCUT2D eigenvalue weighted by Crippen LogP contribution is 2.27. The van der Waals surface area contributed by atoms with E-state index in [1.165, 1.54) is 0 Å². The minimum Gasteiger partial charge on any atom is -0.497 e. The van der Waals surface area contributed by atoms with Crippen molar-refractivity contribution in [1.82, 2.24) is 0 Å². The van der Waals surface area contributed by atoms with Gasteiger partial charge < -0.3 is 13.9 Å². The number of fused-ring (bicyclic) bond motifs is 1. The number of aryl methyl sites for hydroxylation is 2. The van der Waals surface area contributed by atoms with Gasteiger partial charge in [-0.05, 0) is 55.3 Å². The Kier molecular flexibility index (Phi) is 4.06. The highest BCUT2D eigenvalue weighted by Gasteiger charge is 2.14. The van der Waals surface area contributed by atoms with Gasteiger partial charge in [-0.15, -0.1) is 0 Å².